The second kappa shape index (κ2) is 6.45. The Kier molecular flexibility index (Phi) is 4.20. The van der Waals surface area contributed by atoms with Crippen molar-refractivity contribution in [3.63, 3.8) is 0 Å². The lowest BCUT2D eigenvalue weighted by Crippen LogP contribution is -2.12. The number of halogens is 1. The fourth-order valence-electron chi connectivity index (χ4n) is 2.19. The molecule has 0 unspecified atom stereocenters. The van der Waals surface area contributed by atoms with Crippen LogP contribution in [0.3, 0.4) is 0 Å². The number of carbonyl (C=O) groups is 2. The number of rotatable bonds is 4. The zero-order chi connectivity index (χ0) is 17.1. The first-order valence-electron chi connectivity index (χ1n) is 7.26. The smallest absolute Gasteiger partial charge is 0.273 e. The molecule has 5 nitrogen and oxygen atoms in total. The van der Waals surface area contributed by atoms with Gasteiger partial charge in [0.25, 0.3) is 5.91 Å². The Morgan fingerprint density at radius 1 is 1.04 bits per heavy atom. The van der Waals surface area contributed by atoms with E-state index < -0.39 is 0 Å². The third kappa shape index (κ3) is 3.38. The van der Waals surface area contributed by atoms with Gasteiger partial charge in [0, 0.05) is 16.8 Å². The molecule has 0 bridgehead atoms. The lowest BCUT2D eigenvalue weighted by Gasteiger charge is -2.04. The minimum Gasteiger partial charge on any atom is -0.321 e. The van der Waals surface area contributed by atoms with Crippen molar-refractivity contribution in [3.05, 3.63) is 71.7 Å². The third-order valence-corrected chi connectivity index (χ3v) is 3.51. The number of benzene rings is 2. The Morgan fingerprint density at radius 3 is 2.33 bits per heavy atom. The standard InChI is InChI=1S/C18H14FN3O2/c1-11(23)12-4-8-15(9-5-12)20-18(24)17-10-16(21-22-17)13-2-6-14(19)7-3-13/h2-10H,1H3,(H,20,24)(H,21,22). The normalized spacial score (nSPS) is 10.4. The SMILES string of the molecule is CC(=O)c1ccc(NC(=O)c2cc(-c3ccc(F)cc3)n[nH]2)cc1. The third-order valence-electron chi connectivity index (χ3n) is 3.51. The quantitative estimate of drug-likeness (QED) is 0.719. The van der Waals surface area contributed by atoms with Crippen molar-refractivity contribution in [1.82, 2.24) is 10.2 Å². The Balaban J connectivity index is 1.73. The maximum Gasteiger partial charge on any atom is 0.273 e. The van der Waals surface area contributed by atoms with Gasteiger partial charge >= 0.3 is 0 Å². The van der Waals surface area contributed by atoms with Gasteiger partial charge in [0.1, 0.15) is 11.5 Å². The molecule has 0 spiro atoms. The molecule has 2 N–H and O–H groups in total. The summed E-state index contributed by atoms with van der Waals surface area (Å²) in [6, 6.07) is 14.1. The van der Waals surface area contributed by atoms with Crippen molar-refractivity contribution in [2.45, 2.75) is 6.92 Å². The van der Waals surface area contributed by atoms with Gasteiger partial charge in [0.05, 0.1) is 5.69 Å². The molecule has 0 fully saturated rings. The minimum atomic E-state index is -0.355. The number of nitrogens with zero attached hydrogens (tertiary/aromatic N) is 1. The zero-order valence-corrected chi connectivity index (χ0v) is 12.8. The number of H-pyrrole nitrogens is 1. The number of anilines is 1. The first-order valence-corrected chi connectivity index (χ1v) is 7.26. The summed E-state index contributed by atoms with van der Waals surface area (Å²) in [4.78, 5) is 23.5. The molecule has 0 aliphatic rings. The van der Waals surface area contributed by atoms with Crippen molar-refractivity contribution in [3.8, 4) is 11.3 Å². The van der Waals surface area contributed by atoms with Crippen LogP contribution in [0.5, 0.6) is 0 Å². The summed E-state index contributed by atoms with van der Waals surface area (Å²) in [7, 11) is 0. The fraction of sp³-hybridized carbons (Fsp3) is 0.0556. The van der Waals surface area contributed by atoms with Gasteiger partial charge < -0.3 is 5.32 Å². The lowest BCUT2D eigenvalue weighted by molar-refractivity contribution is 0.101. The second-order valence-electron chi connectivity index (χ2n) is 5.26. The van der Waals surface area contributed by atoms with E-state index >= 15 is 0 Å². The number of hydrogen-bond donors (Lipinski definition) is 2. The van der Waals surface area contributed by atoms with E-state index in [-0.39, 0.29) is 23.2 Å². The number of carbonyl (C=O) groups excluding carboxylic acids is 2. The number of nitrogens with one attached hydrogen (secondary N) is 2. The second-order valence-corrected chi connectivity index (χ2v) is 5.26. The topological polar surface area (TPSA) is 74.8 Å². The van der Waals surface area contributed by atoms with E-state index in [1.165, 1.54) is 19.1 Å². The van der Waals surface area contributed by atoms with Crippen LogP contribution in [-0.4, -0.2) is 21.9 Å². The van der Waals surface area contributed by atoms with E-state index in [9.17, 15) is 14.0 Å². The molecule has 6 heteroatoms. The Labute approximate surface area is 137 Å². The molecule has 0 aliphatic heterocycles. The highest BCUT2D eigenvalue weighted by molar-refractivity contribution is 6.03. The van der Waals surface area contributed by atoms with Gasteiger partial charge in [-0.3, -0.25) is 14.7 Å². The summed E-state index contributed by atoms with van der Waals surface area (Å²) in [6.07, 6.45) is 0. The monoisotopic (exact) mass is 323 g/mol. The van der Waals surface area contributed by atoms with Crippen molar-refractivity contribution >= 4 is 17.4 Å². The van der Waals surface area contributed by atoms with Crippen molar-refractivity contribution in [2.24, 2.45) is 0 Å². The molecule has 24 heavy (non-hydrogen) atoms. The fourth-order valence-corrected chi connectivity index (χ4v) is 2.19. The number of aromatic amines is 1. The molecule has 1 amide bonds. The predicted octanol–water partition coefficient (Wildman–Crippen LogP) is 3.67. The van der Waals surface area contributed by atoms with Crippen molar-refractivity contribution in [2.75, 3.05) is 5.32 Å². The maximum atomic E-state index is 12.9. The number of amides is 1. The number of ketones is 1. The molecular formula is C18H14FN3O2. The highest BCUT2D eigenvalue weighted by atomic mass is 19.1. The molecule has 0 aliphatic carbocycles. The number of Topliss-reactive ketones (excluding diaryl/α,β-unsaturated/α-hetero) is 1. The van der Waals surface area contributed by atoms with Gasteiger partial charge in [-0.25, -0.2) is 4.39 Å². The Morgan fingerprint density at radius 2 is 1.71 bits per heavy atom. The Hall–Kier alpha value is -3.28. The molecule has 0 atom stereocenters. The van der Waals surface area contributed by atoms with Crippen LogP contribution in [0.15, 0.2) is 54.6 Å². The molecule has 1 heterocycles. The van der Waals surface area contributed by atoms with Crippen LogP contribution in [0.1, 0.15) is 27.8 Å². The molecule has 2 aromatic carbocycles. The molecule has 0 saturated heterocycles. The highest BCUT2D eigenvalue weighted by Gasteiger charge is 2.11. The molecule has 3 rings (SSSR count). The number of aromatic nitrogens is 2. The summed E-state index contributed by atoms with van der Waals surface area (Å²) < 4.78 is 12.9. The van der Waals surface area contributed by atoms with Crippen molar-refractivity contribution < 1.29 is 14.0 Å². The largest absolute Gasteiger partial charge is 0.321 e. The van der Waals surface area contributed by atoms with Crippen molar-refractivity contribution in [1.29, 1.82) is 0 Å². The van der Waals surface area contributed by atoms with Crippen LogP contribution >= 0.6 is 0 Å². The predicted molar refractivity (Wildman–Crippen MR) is 88.4 cm³/mol. The van der Waals surface area contributed by atoms with E-state index in [1.807, 2.05) is 0 Å². The van der Waals surface area contributed by atoms with E-state index in [0.29, 0.717) is 22.5 Å². The first kappa shape index (κ1) is 15.6. The maximum absolute atomic E-state index is 12.9. The molecule has 0 radical (unpaired) electrons. The highest BCUT2D eigenvalue weighted by Crippen LogP contribution is 2.19. The van der Waals surface area contributed by atoms with Gasteiger partial charge in [0.15, 0.2) is 5.78 Å². The summed E-state index contributed by atoms with van der Waals surface area (Å²) >= 11 is 0. The van der Waals surface area contributed by atoms with Gasteiger partial charge in [-0.15, -0.1) is 0 Å². The molecule has 120 valence electrons. The summed E-state index contributed by atoms with van der Waals surface area (Å²) in [5.41, 5.74) is 2.69. The summed E-state index contributed by atoms with van der Waals surface area (Å²) in [5.74, 6) is -0.724. The molecule has 0 saturated carbocycles. The van der Waals surface area contributed by atoms with Gasteiger partial charge in [-0.05, 0) is 61.5 Å². The minimum absolute atomic E-state index is 0.0367. The summed E-state index contributed by atoms with van der Waals surface area (Å²) in [5, 5.41) is 9.44. The van der Waals surface area contributed by atoms with Crippen LogP contribution in [0.25, 0.3) is 11.3 Å². The zero-order valence-electron chi connectivity index (χ0n) is 12.8. The molecule has 3 aromatic rings. The lowest BCUT2D eigenvalue weighted by atomic mass is 10.1. The van der Waals surface area contributed by atoms with E-state index in [2.05, 4.69) is 15.5 Å². The van der Waals surface area contributed by atoms with Gasteiger partial charge in [0.2, 0.25) is 0 Å². The van der Waals surface area contributed by atoms with E-state index in [4.69, 9.17) is 0 Å². The summed E-state index contributed by atoms with van der Waals surface area (Å²) in [6.45, 7) is 1.48. The van der Waals surface area contributed by atoms with E-state index in [1.54, 1.807) is 42.5 Å². The van der Waals surface area contributed by atoms with Gasteiger partial charge in [-0.2, -0.15) is 5.10 Å². The molecule has 1 aromatic heterocycles. The van der Waals surface area contributed by atoms with Crippen LogP contribution in [0.2, 0.25) is 0 Å². The van der Waals surface area contributed by atoms with Crippen LogP contribution in [0, 0.1) is 5.82 Å². The van der Waals surface area contributed by atoms with Crippen LogP contribution < -0.4 is 5.32 Å². The van der Waals surface area contributed by atoms with E-state index in [0.717, 1.165) is 0 Å². The Bertz CT molecular complexity index is 883. The molecular weight excluding hydrogens is 309 g/mol. The first-order chi connectivity index (χ1) is 11.5. The van der Waals surface area contributed by atoms with Crippen LogP contribution in [0.4, 0.5) is 10.1 Å². The number of hydrogen-bond acceptors (Lipinski definition) is 3. The van der Waals surface area contributed by atoms with Crippen LogP contribution in [-0.2, 0) is 0 Å². The average molecular weight is 323 g/mol. The average Bonchev–Trinajstić information content (AvgIpc) is 3.06. The van der Waals surface area contributed by atoms with Gasteiger partial charge in [-0.1, -0.05) is 0 Å².